The summed E-state index contributed by atoms with van der Waals surface area (Å²) in [6.07, 6.45) is 0.120. The fourth-order valence-corrected chi connectivity index (χ4v) is 3.70. The van der Waals surface area contributed by atoms with Gasteiger partial charge in [0.1, 0.15) is 16.5 Å². The van der Waals surface area contributed by atoms with Crippen LogP contribution in [0.5, 0.6) is 11.5 Å². The van der Waals surface area contributed by atoms with Gasteiger partial charge in [0.25, 0.3) is 5.91 Å². The van der Waals surface area contributed by atoms with E-state index < -0.39 is 6.10 Å². The van der Waals surface area contributed by atoms with Gasteiger partial charge in [-0.1, -0.05) is 12.1 Å². The Balaban J connectivity index is 1.50. The van der Waals surface area contributed by atoms with Crippen molar-refractivity contribution in [2.24, 2.45) is 0 Å². The van der Waals surface area contributed by atoms with Gasteiger partial charge in [0.15, 0.2) is 6.10 Å². The standard InChI is InChI=1S/C23H26N2O3S/c1-15-6-5-7-21(16(15)2)28-17(3)22(26)24-13-12-19-14-29-23(25-19)18-8-10-20(27-4)11-9-18/h5-11,14,17H,12-13H2,1-4H3,(H,24,26)/t17-/m1/s1. The minimum absolute atomic E-state index is 0.128. The zero-order valence-corrected chi connectivity index (χ0v) is 18.0. The van der Waals surface area contributed by atoms with Crippen LogP contribution in [-0.4, -0.2) is 30.6 Å². The van der Waals surface area contributed by atoms with Gasteiger partial charge in [-0.2, -0.15) is 0 Å². The van der Waals surface area contributed by atoms with Crippen LogP contribution in [0.15, 0.2) is 47.8 Å². The van der Waals surface area contributed by atoms with E-state index in [1.165, 1.54) is 0 Å². The van der Waals surface area contributed by atoms with E-state index in [-0.39, 0.29) is 5.91 Å². The highest BCUT2D eigenvalue weighted by Gasteiger charge is 2.16. The number of rotatable bonds is 8. The second-order valence-electron chi connectivity index (χ2n) is 6.87. The Labute approximate surface area is 175 Å². The molecule has 3 aromatic rings. The van der Waals surface area contributed by atoms with Crippen molar-refractivity contribution < 1.29 is 14.3 Å². The first kappa shape index (κ1) is 20.9. The lowest BCUT2D eigenvalue weighted by Gasteiger charge is -2.17. The van der Waals surface area contributed by atoms with Crippen molar-refractivity contribution in [3.05, 3.63) is 64.7 Å². The molecule has 5 nitrogen and oxygen atoms in total. The smallest absolute Gasteiger partial charge is 0.260 e. The number of methoxy groups -OCH3 is 1. The summed E-state index contributed by atoms with van der Waals surface area (Å²) in [4.78, 5) is 17.0. The first-order chi connectivity index (χ1) is 14.0. The van der Waals surface area contributed by atoms with Crippen LogP contribution in [0.1, 0.15) is 23.7 Å². The number of amides is 1. The summed E-state index contributed by atoms with van der Waals surface area (Å²) < 4.78 is 11.0. The number of benzene rings is 2. The molecule has 1 N–H and O–H groups in total. The minimum Gasteiger partial charge on any atom is -0.497 e. The van der Waals surface area contributed by atoms with Crippen molar-refractivity contribution in [2.75, 3.05) is 13.7 Å². The van der Waals surface area contributed by atoms with Crippen LogP contribution >= 0.6 is 11.3 Å². The first-order valence-corrected chi connectivity index (χ1v) is 10.5. The number of thiazole rings is 1. The molecule has 1 amide bonds. The van der Waals surface area contributed by atoms with Crippen molar-refractivity contribution in [2.45, 2.75) is 33.3 Å². The Hall–Kier alpha value is -2.86. The largest absolute Gasteiger partial charge is 0.497 e. The molecule has 0 bridgehead atoms. The van der Waals surface area contributed by atoms with E-state index in [0.29, 0.717) is 13.0 Å². The quantitative estimate of drug-likeness (QED) is 0.591. The van der Waals surface area contributed by atoms with Gasteiger partial charge in [-0.15, -0.1) is 11.3 Å². The zero-order chi connectivity index (χ0) is 20.8. The summed E-state index contributed by atoms with van der Waals surface area (Å²) in [6, 6.07) is 13.7. The molecular formula is C23H26N2O3S. The van der Waals surface area contributed by atoms with E-state index in [0.717, 1.165) is 38.9 Å². The average molecular weight is 411 g/mol. The van der Waals surface area contributed by atoms with Gasteiger partial charge in [0.2, 0.25) is 0 Å². The topological polar surface area (TPSA) is 60.5 Å². The van der Waals surface area contributed by atoms with Crippen LogP contribution in [-0.2, 0) is 11.2 Å². The van der Waals surface area contributed by atoms with Gasteiger partial charge in [0, 0.05) is 23.9 Å². The number of carbonyl (C=O) groups is 1. The number of aryl methyl sites for hydroxylation is 1. The Kier molecular flexibility index (Phi) is 6.88. The van der Waals surface area contributed by atoms with Crippen LogP contribution in [0, 0.1) is 13.8 Å². The van der Waals surface area contributed by atoms with E-state index in [2.05, 4.69) is 10.3 Å². The third kappa shape index (κ3) is 5.35. The molecule has 1 aromatic heterocycles. The highest BCUT2D eigenvalue weighted by molar-refractivity contribution is 7.13. The third-order valence-corrected chi connectivity index (χ3v) is 5.74. The summed E-state index contributed by atoms with van der Waals surface area (Å²) in [6.45, 7) is 6.31. The molecule has 0 unspecified atom stereocenters. The lowest BCUT2D eigenvalue weighted by Crippen LogP contribution is -2.37. The van der Waals surface area contributed by atoms with Gasteiger partial charge in [-0.25, -0.2) is 4.98 Å². The second kappa shape index (κ2) is 9.56. The maximum atomic E-state index is 12.4. The first-order valence-electron chi connectivity index (χ1n) is 9.57. The molecule has 0 saturated heterocycles. The van der Waals surface area contributed by atoms with E-state index in [4.69, 9.17) is 9.47 Å². The summed E-state index contributed by atoms with van der Waals surface area (Å²) in [5.41, 5.74) is 4.22. The molecular weight excluding hydrogens is 384 g/mol. The van der Waals surface area contributed by atoms with Crippen molar-refractivity contribution >= 4 is 17.2 Å². The Morgan fingerprint density at radius 3 is 2.66 bits per heavy atom. The van der Waals surface area contributed by atoms with Gasteiger partial charge >= 0.3 is 0 Å². The van der Waals surface area contributed by atoms with Crippen LogP contribution in [0.25, 0.3) is 10.6 Å². The average Bonchev–Trinajstić information content (AvgIpc) is 3.20. The molecule has 0 aliphatic rings. The molecule has 0 saturated carbocycles. The second-order valence-corrected chi connectivity index (χ2v) is 7.73. The van der Waals surface area contributed by atoms with E-state index in [1.807, 2.05) is 61.7 Å². The van der Waals surface area contributed by atoms with Crippen molar-refractivity contribution in [3.8, 4) is 22.1 Å². The Morgan fingerprint density at radius 1 is 1.17 bits per heavy atom. The highest BCUT2D eigenvalue weighted by Crippen LogP contribution is 2.26. The SMILES string of the molecule is COc1ccc(-c2nc(CCNC(=O)[C@@H](C)Oc3cccc(C)c3C)cs2)cc1. The molecule has 0 radical (unpaired) electrons. The summed E-state index contributed by atoms with van der Waals surface area (Å²) in [7, 11) is 1.65. The lowest BCUT2D eigenvalue weighted by atomic mass is 10.1. The fourth-order valence-electron chi connectivity index (χ4n) is 2.84. The van der Waals surface area contributed by atoms with E-state index >= 15 is 0 Å². The maximum Gasteiger partial charge on any atom is 0.260 e. The molecule has 0 fully saturated rings. The van der Waals surface area contributed by atoms with Crippen LogP contribution < -0.4 is 14.8 Å². The zero-order valence-electron chi connectivity index (χ0n) is 17.2. The number of aromatic nitrogens is 1. The number of carbonyl (C=O) groups excluding carboxylic acids is 1. The minimum atomic E-state index is -0.555. The lowest BCUT2D eigenvalue weighted by molar-refractivity contribution is -0.127. The monoisotopic (exact) mass is 410 g/mol. The number of hydrogen-bond donors (Lipinski definition) is 1. The van der Waals surface area contributed by atoms with Crippen molar-refractivity contribution in [1.82, 2.24) is 10.3 Å². The molecule has 0 aliphatic heterocycles. The van der Waals surface area contributed by atoms with Crippen LogP contribution in [0.4, 0.5) is 0 Å². The van der Waals surface area contributed by atoms with Crippen molar-refractivity contribution in [1.29, 1.82) is 0 Å². The van der Waals surface area contributed by atoms with Gasteiger partial charge in [-0.3, -0.25) is 4.79 Å². The number of ether oxygens (including phenoxy) is 2. The number of hydrogen-bond acceptors (Lipinski definition) is 5. The predicted molar refractivity (Wildman–Crippen MR) is 117 cm³/mol. The molecule has 1 atom stereocenters. The number of nitrogens with zero attached hydrogens (tertiary/aromatic N) is 1. The number of nitrogens with one attached hydrogen (secondary N) is 1. The van der Waals surface area contributed by atoms with Gasteiger partial charge in [-0.05, 0) is 62.2 Å². The van der Waals surface area contributed by atoms with E-state index in [1.54, 1.807) is 25.4 Å². The highest BCUT2D eigenvalue weighted by atomic mass is 32.1. The molecule has 152 valence electrons. The summed E-state index contributed by atoms with van der Waals surface area (Å²) in [5.74, 6) is 1.44. The summed E-state index contributed by atoms with van der Waals surface area (Å²) >= 11 is 1.60. The van der Waals surface area contributed by atoms with Gasteiger partial charge in [0.05, 0.1) is 12.8 Å². The van der Waals surface area contributed by atoms with Crippen LogP contribution in [0.3, 0.4) is 0 Å². The maximum absolute atomic E-state index is 12.4. The van der Waals surface area contributed by atoms with Crippen LogP contribution in [0.2, 0.25) is 0 Å². The molecule has 3 rings (SSSR count). The molecule has 6 heteroatoms. The molecule has 0 aliphatic carbocycles. The predicted octanol–water partition coefficient (Wildman–Crippen LogP) is 4.56. The third-order valence-electron chi connectivity index (χ3n) is 4.80. The van der Waals surface area contributed by atoms with Gasteiger partial charge < -0.3 is 14.8 Å². The molecule has 2 aromatic carbocycles. The van der Waals surface area contributed by atoms with Crippen molar-refractivity contribution in [3.63, 3.8) is 0 Å². The Bertz CT molecular complexity index is 967. The van der Waals surface area contributed by atoms with E-state index in [9.17, 15) is 4.79 Å². The molecule has 0 spiro atoms. The Morgan fingerprint density at radius 2 is 1.93 bits per heavy atom. The summed E-state index contributed by atoms with van der Waals surface area (Å²) in [5, 5.41) is 5.92. The normalized spacial score (nSPS) is 11.7. The molecule has 29 heavy (non-hydrogen) atoms. The fraction of sp³-hybridized carbons (Fsp3) is 0.304. The molecule has 1 heterocycles.